The normalized spacial score (nSPS) is 14.2. The second kappa shape index (κ2) is 6.23. The monoisotopic (exact) mass is 321 g/mol. The van der Waals surface area contributed by atoms with Crippen LogP contribution >= 0.6 is 22.9 Å². The lowest BCUT2D eigenvalue weighted by Crippen LogP contribution is -2.22. The van der Waals surface area contributed by atoms with Crippen LogP contribution in [0.1, 0.15) is 63.3 Å². The Hall–Kier alpha value is -1.27. The Kier molecular flexibility index (Phi) is 4.35. The van der Waals surface area contributed by atoms with Crippen molar-refractivity contribution in [2.45, 2.75) is 52.0 Å². The van der Waals surface area contributed by atoms with Gasteiger partial charge in [-0.15, -0.1) is 16.4 Å². The van der Waals surface area contributed by atoms with Gasteiger partial charge in [0.2, 0.25) is 0 Å². The highest BCUT2D eigenvalue weighted by Crippen LogP contribution is 2.29. The van der Waals surface area contributed by atoms with Gasteiger partial charge in [-0.25, -0.2) is 0 Å². The molecular weight excluding hydrogens is 302 g/mol. The molecule has 6 heteroatoms. The molecule has 0 radical (unpaired) electrons. The number of aryl methyl sites for hydroxylation is 2. The summed E-state index contributed by atoms with van der Waals surface area (Å²) >= 11 is 3.02. The summed E-state index contributed by atoms with van der Waals surface area (Å²) in [5.41, 5.74) is 2.37. The molecule has 0 fully saturated rings. The fourth-order valence-electron chi connectivity index (χ4n) is 2.63. The number of thiophene rings is 1. The Morgan fingerprint density at radius 2 is 2.19 bits per heavy atom. The Balaban J connectivity index is 1.66. The second-order valence-corrected chi connectivity index (χ2v) is 7.66. The van der Waals surface area contributed by atoms with Gasteiger partial charge >= 0.3 is 0 Å². The van der Waals surface area contributed by atoms with Gasteiger partial charge in [-0.05, 0) is 54.8 Å². The molecule has 0 spiro atoms. The van der Waals surface area contributed by atoms with Crippen LogP contribution in [-0.4, -0.2) is 15.5 Å². The van der Waals surface area contributed by atoms with Crippen LogP contribution in [0.3, 0.4) is 0 Å². The molecule has 21 heavy (non-hydrogen) atoms. The number of aromatic nitrogens is 2. The Labute approximate surface area is 132 Å². The van der Waals surface area contributed by atoms with E-state index in [1.165, 1.54) is 34.8 Å². The first-order valence-corrected chi connectivity index (χ1v) is 8.95. The van der Waals surface area contributed by atoms with Gasteiger partial charge in [0.05, 0.1) is 22.0 Å². The van der Waals surface area contributed by atoms with Crippen LogP contribution < -0.4 is 5.32 Å². The molecule has 1 aliphatic rings. The third-order valence-corrected chi connectivity index (χ3v) is 5.74. The van der Waals surface area contributed by atoms with Crippen molar-refractivity contribution in [1.82, 2.24) is 14.9 Å². The maximum absolute atomic E-state index is 12.3. The molecule has 0 saturated heterocycles. The number of rotatable bonds is 4. The van der Waals surface area contributed by atoms with E-state index in [0.29, 0.717) is 12.5 Å². The molecule has 0 unspecified atom stereocenters. The van der Waals surface area contributed by atoms with E-state index in [2.05, 4.69) is 34.8 Å². The Morgan fingerprint density at radius 3 is 2.95 bits per heavy atom. The van der Waals surface area contributed by atoms with E-state index in [4.69, 9.17) is 0 Å². The summed E-state index contributed by atoms with van der Waals surface area (Å²) in [5, 5.41) is 7.15. The zero-order valence-corrected chi connectivity index (χ0v) is 13.9. The number of carbonyl (C=O) groups excluding carboxylic acids is 1. The highest BCUT2D eigenvalue weighted by atomic mass is 32.1. The van der Waals surface area contributed by atoms with Crippen molar-refractivity contribution in [3.05, 3.63) is 32.0 Å². The van der Waals surface area contributed by atoms with Gasteiger partial charge in [0.25, 0.3) is 5.91 Å². The molecule has 112 valence electrons. The van der Waals surface area contributed by atoms with E-state index in [1.807, 2.05) is 0 Å². The molecular formula is C15H19N3OS2. The lowest BCUT2D eigenvalue weighted by atomic mass is 9.99. The van der Waals surface area contributed by atoms with E-state index in [0.717, 1.165) is 28.3 Å². The van der Waals surface area contributed by atoms with E-state index in [9.17, 15) is 4.79 Å². The van der Waals surface area contributed by atoms with E-state index < -0.39 is 0 Å². The minimum Gasteiger partial charge on any atom is -0.346 e. The van der Waals surface area contributed by atoms with Crippen LogP contribution in [-0.2, 0) is 19.4 Å². The average Bonchev–Trinajstić information content (AvgIpc) is 3.10. The molecule has 0 bridgehead atoms. The fraction of sp³-hybridized carbons (Fsp3) is 0.533. The maximum Gasteiger partial charge on any atom is 0.261 e. The number of amides is 1. The number of fused-ring (bicyclic) bond motifs is 1. The molecule has 2 aromatic heterocycles. The highest BCUT2D eigenvalue weighted by molar-refractivity contribution is 7.14. The number of nitrogens with zero attached hydrogens (tertiary/aromatic N) is 2. The van der Waals surface area contributed by atoms with Crippen molar-refractivity contribution in [3.63, 3.8) is 0 Å². The Bertz CT molecular complexity index is 622. The lowest BCUT2D eigenvalue weighted by molar-refractivity contribution is 0.0955. The van der Waals surface area contributed by atoms with Gasteiger partial charge in [0.15, 0.2) is 0 Å². The van der Waals surface area contributed by atoms with E-state index in [-0.39, 0.29) is 5.91 Å². The van der Waals surface area contributed by atoms with Crippen molar-refractivity contribution in [3.8, 4) is 0 Å². The third-order valence-electron chi connectivity index (χ3n) is 3.76. The van der Waals surface area contributed by atoms with Gasteiger partial charge in [0.1, 0.15) is 0 Å². The third kappa shape index (κ3) is 3.16. The topological polar surface area (TPSA) is 54.9 Å². The standard InChI is InChI=1S/C15H19N3OS2/c1-9(2)14-13(21-18-17-14)8-16-15(19)12-7-10-5-3-4-6-11(10)20-12/h7,9H,3-6,8H2,1-2H3,(H,16,19). The summed E-state index contributed by atoms with van der Waals surface area (Å²) in [6.45, 7) is 4.71. The molecule has 0 aliphatic heterocycles. The number of carbonyl (C=O) groups is 1. The molecule has 1 amide bonds. The summed E-state index contributed by atoms with van der Waals surface area (Å²) in [4.78, 5) is 15.6. The molecule has 1 aliphatic carbocycles. The zero-order chi connectivity index (χ0) is 14.8. The van der Waals surface area contributed by atoms with E-state index >= 15 is 0 Å². The molecule has 0 aromatic carbocycles. The van der Waals surface area contributed by atoms with Gasteiger partial charge in [-0.1, -0.05) is 18.3 Å². The molecule has 2 aromatic rings. The Morgan fingerprint density at radius 1 is 1.38 bits per heavy atom. The van der Waals surface area contributed by atoms with Crippen LogP contribution in [0.4, 0.5) is 0 Å². The van der Waals surface area contributed by atoms with Gasteiger partial charge < -0.3 is 5.32 Å². The second-order valence-electron chi connectivity index (χ2n) is 5.68. The summed E-state index contributed by atoms with van der Waals surface area (Å²) in [6.07, 6.45) is 4.74. The minimum absolute atomic E-state index is 0.0255. The predicted molar refractivity (Wildman–Crippen MR) is 86.1 cm³/mol. The molecule has 0 saturated carbocycles. The van der Waals surface area contributed by atoms with Gasteiger partial charge in [-0.3, -0.25) is 4.79 Å². The van der Waals surface area contributed by atoms with Gasteiger partial charge in [0, 0.05) is 4.88 Å². The van der Waals surface area contributed by atoms with Gasteiger partial charge in [-0.2, -0.15) is 0 Å². The first-order valence-electron chi connectivity index (χ1n) is 7.36. The van der Waals surface area contributed by atoms with Crippen LogP contribution in [0.15, 0.2) is 6.07 Å². The zero-order valence-electron chi connectivity index (χ0n) is 12.3. The largest absolute Gasteiger partial charge is 0.346 e. The van der Waals surface area contributed by atoms with Crippen molar-refractivity contribution in [2.24, 2.45) is 0 Å². The fourth-order valence-corrected chi connectivity index (χ4v) is 4.53. The smallest absolute Gasteiger partial charge is 0.261 e. The number of nitrogens with one attached hydrogen (secondary N) is 1. The van der Waals surface area contributed by atoms with Crippen LogP contribution in [0.5, 0.6) is 0 Å². The summed E-state index contributed by atoms with van der Waals surface area (Å²) in [6, 6.07) is 2.07. The average molecular weight is 321 g/mol. The molecule has 2 heterocycles. The first kappa shape index (κ1) is 14.7. The summed E-state index contributed by atoms with van der Waals surface area (Å²) in [7, 11) is 0. The molecule has 1 N–H and O–H groups in total. The van der Waals surface area contributed by atoms with Crippen LogP contribution in [0, 0.1) is 0 Å². The van der Waals surface area contributed by atoms with E-state index in [1.54, 1.807) is 11.3 Å². The van der Waals surface area contributed by atoms with Crippen molar-refractivity contribution in [2.75, 3.05) is 0 Å². The number of hydrogen-bond donors (Lipinski definition) is 1. The highest BCUT2D eigenvalue weighted by Gasteiger charge is 2.18. The lowest BCUT2D eigenvalue weighted by Gasteiger charge is -2.08. The van der Waals surface area contributed by atoms with Crippen LogP contribution in [0.25, 0.3) is 0 Å². The quantitative estimate of drug-likeness (QED) is 0.937. The van der Waals surface area contributed by atoms with Crippen molar-refractivity contribution < 1.29 is 4.79 Å². The molecule has 4 nitrogen and oxygen atoms in total. The summed E-state index contributed by atoms with van der Waals surface area (Å²) in [5.74, 6) is 0.363. The van der Waals surface area contributed by atoms with Crippen LogP contribution in [0.2, 0.25) is 0 Å². The van der Waals surface area contributed by atoms with Crippen molar-refractivity contribution in [1.29, 1.82) is 0 Å². The minimum atomic E-state index is 0.0255. The first-order chi connectivity index (χ1) is 10.1. The molecule has 3 rings (SSSR count). The SMILES string of the molecule is CC(C)c1nnsc1CNC(=O)c1cc2c(s1)CCCC2. The van der Waals surface area contributed by atoms with Crippen molar-refractivity contribution >= 4 is 28.8 Å². The number of hydrogen-bond acceptors (Lipinski definition) is 5. The molecule has 0 atom stereocenters. The predicted octanol–water partition coefficient (Wildman–Crippen LogP) is 3.53. The summed E-state index contributed by atoms with van der Waals surface area (Å²) < 4.78 is 3.99. The maximum atomic E-state index is 12.3.